The van der Waals surface area contributed by atoms with Crippen LogP contribution in [0.4, 0.5) is 10.3 Å². The molecule has 0 aliphatic carbocycles. The first-order chi connectivity index (χ1) is 14.0. The average molecular weight is 415 g/mol. The zero-order chi connectivity index (χ0) is 20.4. The maximum Gasteiger partial charge on any atom is 0.225 e. The minimum absolute atomic E-state index is 0.0175. The summed E-state index contributed by atoms with van der Waals surface area (Å²) in [6.45, 7) is 5.23. The largest absolute Gasteiger partial charge is 0.381 e. The highest BCUT2D eigenvalue weighted by Gasteiger charge is 2.22. The fourth-order valence-corrected chi connectivity index (χ4v) is 4.25. The Balaban J connectivity index is 1.58. The summed E-state index contributed by atoms with van der Waals surface area (Å²) in [5.41, 5.74) is 1.56. The van der Waals surface area contributed by atoms with Crippen molar-refractivity contribution >= 4 is 33.4 Å². The lowest BCUT2D eigenvalue weighted by molar-refractivity contribution is 0.0968. The third-order valence-electron chi connectivity index (χ3n) is 5.00. The minimum atomic E-state index is -0.408. The molecular weight excluding hydrogens is 393 g/mol. The molecule has 0 saturated carbocycles. The predicted molar refractivity (Wildman–Crippen MR) is 109 cm³/mol. The van der Waals surface area contributed by atoms with E-state index in [2.05, 4.69) is 25.3 Å². The second kappa shape index (κ2) is 8.46. The van der Waals surface area contributed by atoms with E-state index in [1.54, 1.807) is 6.20 Å². The van der Waals surface area contributed by atoms with Crippen LogP contribution in [0, 0.1) is 18.7 Å². The number of anilines is 1. The molecule has 1 aliphatic heterocycles. The van der Waals surface area contributed by atoms with Crippen LogP contribution in [0.3, 0.4) is 0 Å². The van der Waals surface area contributed by atoms with E-state index in [1.807, 2.05) is 13.8 Å². The highest BCUT2D eigenvalue weighted by atomic mass is 32.1. The standard InChI is InChI=1S/C20H22FN5O2S/c1-11(14-7-15(21)9-22-8-14)23-20-25-17(18-19(26-20)24-12(2)29-18)16(27)4-3-13-5-6-28-10-13/h7-9,11,13H,3-6,10H2,1-2H3,(H,23,25,26)/t11-,13?/m0/s1. The molecule has 1 unspecified atom stereocenters. The first-order valence-corrected chi connectivity index (χ1v) is 10.4. The summed E-state index contributed by atoms with van der Waals surface area (Å²) in [6.07, 6.45) is 4.94. The molecule has 3 aromatic heterocycles. The molecule has 1 aliphatic rings. The number of nitrogens with one attached hydrogen (secondary N) is 1. The van der Waals surface area contributed by atoms with E-state index in [0.29, 0.717) is 39.9 Å². The molecule has 152 valence electrons. The number of ether oxygens (including phenoxy) is 1. The van der Waals surface area contributed by atoms with Gasteiger partial charge >= 0.3 is 0 Å². The van der Waals surface area contributed by atoms with Gasteiger partial charge in [0.2, 0.25) is 5.95 Å². The van der Waals surface area contributed by atoms with Gasteiger partial charge < -0.3 is 10.1 Å². The minimum Gasteiger partial charge on any atom is -0.381 e. The number of nitrogens with zero attached hydrogens (tertiary/aromatic N) is 4. The Labute approximate surface area is 171 Å². The number of aromatic nitrogens is 4. The van der Waals surface area contributed by atoms with Crippen LogP contribution in [0.1, 0.15) is 53.3 Å². The van der Waals surface area contributed by atoms with E-state index < -0.39 is 5.82 Å². The van der Waals surface area contributed by atoms with Gasteiger partial charge in [0, 0.05) is 25.8 Å². The Morgan fingerprint density at radius 2 is 2.24 bits per heavy atom. The fraction of sp³-hybridized carbons (Fsp3) is 0.450. The first kappa shape index (κ1) is 19.8. The Morgan fingerprint density at radius 1 is 1.38 bits per heavy atom. The number of hydrogen-bond donors (Lipinski definition) is 1. The maximum absolute atomic E-state index is 13.5. The van der Waals surface area contributed by atoms with Crippen molar-refractivity contribution in [2.45, 2.75) is 39.2 Å². The molecule has 1 saturated heterocycles. The predicted octanol–water partition coefficient (Wildman–Crippen LogP) is 4.10. The van der Waals surface area contributed by atoms with Gasteiger partial charge in [-0.1, -0.05) is 0 Å². The second-order valence-electron chi connectivity index (χ2n) is 7.28. The molecule has 9 heteroatoms. The van der Waals surface area contributed by atoms with Crippen LogP contribution in [0.25, 0.3) is 10.3 Å². The fourth-order valence-electron chi connectivity index (χ4n) is 3.39. The van der Waals surface area contributed by atoms with Crippen LogP contribution in [0.15, 0.2) is 18.5 Å². The van der Waals surface area contributed by atoms with E-state index in [9.17, 15) is 9.18 Å². The van der Waals surface area contributed by atoms with Crippen LogP contribution in [0.2, 0.25) is 0 Å². The molecule has 29 heavy (non-hydrogen) atoms. The molecule has 1 N–H and O–H groups in total. The number of thiazole rings is 1. The summed E-state index contributed by atoms with van der Waals surface area (Å²) in [6, 6.07) is 1.13. The topological polar surface area (TPSA) is 89.9 Å². The number of rotatable bonds is 7. The summed E-state index contributed by atoms with van der Waals surface area (Å²) < 4.78 is 19.6. The Hall–Kier alpha value is -2.52. The van der Waals surface area contributed by atoms with Gasteiger partial charge in [-0.25, -0.2) is 14.4 Å². The Morgan fingerprint density at radius 3 is 3.00 bits per heavy atom. The zero-order valence-corrected chi connectivity index (χ0v) is 17.1. The van der Waals surface area contributed by atoms with Crippen LogP contribution >= 0.6 is 11.3 Å². The van der Waals surface area contributed by atoms with Gasteiger partial charge in [0.1, 0.15) is 16.2 Å². The monoisotopic (exact) mass is 415 g/mol. The van der Waals surface area contributed by atoms with Gasteiger partial charge in [-0.2, -0.15) is 4.98 Å². The first-order valence-electron chi connectivity index (χ1n) is 9.62. The third kappa shape index (κ3) is 4.56. The van der Waals surface area contributed by atoms with Crippen molar-refractivity contribution in [1.82, 2.24) is 19.9 Å². The number of ketones is 1. The van der Waals surface area contributed by atoms with Crippen LogP contribution in [-0.4, -0.2) is 38.9 Å². The number of carbonyl (C=O) groups excluding carboxylic acids is 1. The normalized spacial score (nSPS) is 17.6. The van der Waals surface area contributed by atoms with Gasteiger partial charge in [-0.05, 0) is 44.2 Å². The molecule has 2 atom stereocenters. The molecule has 0 bridgehead atoms. The van der Waals surface area contributed by atoms with Crippen molar-refractivity contribution in [2.75, 3.05) is 18.5 Å². The lowest BCUT2D eigenvalue weighted by atomic mass is 10.00. The average Bonchev–Trinajstić information content (AvgIpc) is 3.34. The second-order valence-corrected chi connectivity index (χ2v) is 8.48. The molecule has 1 fully saturated rings. The van der Waals surface area contributed by atoms with E-state index in [4.69, 9.17) is 4.74 Å². The number of aryl methyl sites for hydroxylation is 1. The molecule has 0 amide bonds. The van der Waals surface area contributed by atoms with Crippen molar-refractivity contribution in [3.05, 3.63) is 40.5 Å². The SMILES string of the molecule is Cc1nc2nc(N[C@@H](C)c3cncc(F)c3)nc(C(=O)CCC3CCOC3)c2s1. The number of fused-ring (bicyclic) bond motifs is 1. The molecule has 0 radical (unpaired) electrons. The number of hydrogen-bond acceptors (Lipinski definition) is 8. The quantitative estimate of drug-likeness (QED) is 0.581. The molecular formula is C20H22FN5O2S. The van der Waals surface area contributed by atoms with Gasteiger partial charge in [-0.3, -0.25) is 9.78 Å². The number of halogens is 1. The van der Waals surface area contributed by atoms with Gasteiger partial charge in [0.15, 0.2) is 11.4 Å². The van der Waals surface area contributed by atoms with Crippen molar-refractivity contribution in [3.8, 4) is 0 Å². The van der Waals surface area contributed by atoms with Crippen LogP contribution in [0.5, 0.6) is 0 Å². The highest BCUT2D eigenvalue weighted by molar-refractivity contribution is 7.18. The molecule has 4 rings (SSSR count). The molecule has 0 spiro atoms. The van der Waals surface area contributed by atoms with Crippen molar-refractivity contribution in [3.63, 3.8) is 0 Å². The third-order valence-corrected chi connectivity index (χ3v) is 5.97. The van der Waals surface area contributed by atoms with Gasteiger partial charge in [0.05, 0.1) is 17.2 Å². The Kier molecular flexibility index (Phi) is 5.77. The number of pyridine rings is 1. The number of Topliss-reactive ketones (excluding diaryl/α,β-unsaturated/α-hetero) is 1. The van der Waals surface area contributed by atoms with Crippen LogP contribution in [-0.2, 0) is 4.74 Å². The lowest BCUT2D eigenvalue weighted by Gasteiger charge is -2.14. The van der Waals surface area contributed by atoms with E-state index in [0.717, 1.165) is 37.3 Å². The van der Waals surface area contributed by atoms with Gasteiger partial charge in [0.25, 0.3) is 0 Å². The van der Waals surface area contributed by atoms with E-state index in [-0.39, 0.29) is 11.8 Å². The summed E-state index contributed by atoms with van der Waals surface area (Å²) in [5, 5.41) is 3.97. The Bertz CT molecular complexity index is 1030. The summed E-state index contributed by atoms with van der Waals surface area (Å²) in [5.74, 6) is 0.301. The maximum atomic E-state index is 13.5. The van der Waals surface area contributed by atoms with E-state index in [1.165, 1.54) is 17.4 Å². The molecule has 3 aromatic rings. The van der Waals surface area contributed by atoms with Crippen LogP contribution < -0.4 is 5.32 Å². The summed E-state index contributed by atoms with van der Waals surface area (Å²) in [7, 11) is 0. The van der Waals surface area contributed by atoms with Crippen molar-refractivity contribution in [2.24, 2.45) is 5.92 Å². The summed E-state index contributed by atoms with van der Waals surface area (Å²) in [4.78, 5) is 30.2. The molecule has 0 aromatic carbocycles. The molecule has 4 heterocycles. The van der Waals surface area contributed by atoms with Gasteiger partial charge in [-0.15, -0.1) is 11.3 Å². The lowest BCUT2D eigenvalue weighted by Crippen LogP contribution is -2.13. The zero-order valence-electron chi connectivity index (χ0n) is 16.3. The summed E-state index contributed by atoms with van der Waals surface area (Å²) >= 11 is 1.42. The highest BCUT2D eigenvalue weighted by Crippen LogP contribution is 2.28. The van der Waals surface area contributed by atoms with Crippen molar-refractivity contribution < 1.29 is 13.9 Å². The smallest absolute Gasteiger partial charge is 0.225 e. The van der Waals surface area contributed by atoms with Crippen molar-refractivity contribution in [1.29, 1.82) is 0 Å². The molecule has 7 nitrogen and oxygen atoms in total. The number of carbonyl (C=O) groups is 1. The van der Waals surface area contributed by atoms with E-state index >= 15 is 0 Å².